The molecule has 1 atom stereocenters. The van der Waals surface area contributed by atoms with E-state index in [0.29, 0.717) is 6.04 Å². The summed E-state index contributed by atoms with van der Waals surface area (Å²) in [4.78, 5) is 2.33. The van der Waals surface area contributed by atoms with Gasteiger partial charge in [-0.25, -0.2) is 0 Å². The molecule has 1 unspecified atom stereocenters. The molecule has 0 radical (unpaired) electrons. The summed E-state index contributed by atoms with van der Waals surface area (Å²) in [7, 11) is 3.88. The van der Waals surface area contributed by atoms with Gasteiger partial charge in [-0.05, 0) is 33.7 Å². The van der Waals surface area contributed by atoms with Gasteiger partial charge in [-0.1, -0.05) is 5.57 Å². The molecule has 0 amide bonds. The van der Waals surface area contributed by atoms with Crippen molar-refractivity contribution in [2.75, 3.05) is 27.3 Å². The summed E-state index contributed by atoms with van der Waals surface area (Å²) in [5.74, 6) is 0. The molecular formula is C11H23NO. The summed E-state index contributed by atoms with van der Waals surface area (Å²) >= 11 is 0. The third kappa shape index (κ3) is 6.79. The maximum absolute atomic E-state index is 5.03. The van der Waals surface area contributed by atoms with Gasteiger partial charge in [0.05, 0.1) is 6.61 Å². The number of ether oxygens (including phenoxy) is 1. The van der Waals surface area contributed by atoms with E-state index in [-0.39, 0.29) is 0 Å². The van der Waals surface area contributed by atoms with Crippen LogP contribution in [0.2, 0.25) is 0 Å². The topological polar surface area (TPSA) is 12.5 Å². The van der Waals surface area contributed by atoms with E-state index in [1.54, 1.807) is 7.11 Å². The minimum Gasteiger partial charge on any atom is -0.383 e. The highest BCUT2D eigenvalue weighted by Crippen LogP contribution is 2.08. The predicted octanol–water partition coefficient (Wildman–Crippen LogP) is 2.31. The summed E-state index contributed by atoms with van der Waals surface area (Å²) in [5, 5.41) is 0. The fourth-order valence-electron chi connectivity index (χ4n) is 1.13. The average Bonchev–Trinajstić information content (AvgIpc) is 2.10. The zero-order valence-corrected chi connectivity index (χ0v) is 9.47. The van der Waals surface area contributed by atoms with Crippen molar-refractivity contribution in [3.05, 3.63) is 12.2 Å². The lowest BCUT2D eigenvalue weighted by atomic mass is 10.1. The highest BCUT2D eigenvalue weighted by atomic mass is 16.5. The molecule has 2 heteroatoms. The molecule has 0 N–H and O–H groups in total. The van der Waals surface area contributed by atoms with Crippen molar-refractivity contribution < 1.29 is 4.74 Å². The average molecular weight is 185 g/mol. The van der Waals surface area contributed by atoms with Crippen LogP contribution < -0.4 is 0 Å². The van der Waals surface area contributed by atoms with Gasteiger partial charge in [-0.3, -0.25) is 0 Å². The maximum Gasteiger partial charge on any atom is 0.0589 e. The number of nitrogens with zero attached hydrogens (tertiary/aromatic N) is 1. The number of allylic oxidation sites excluding steroid dienone is 1. The van der Waals surface area contributed by atoms with Crippen molar-refractivity contribution in [1.29, 1.82) is 0 Å². The third-order valence-electron chi connectivity index (χ3n) is 2.39. The zero-order chi connectivity index (χ0) is 10.3. The standard InChI is InChI=1S/C11H23NO/c1-10(2)6-7-11(3)12(4)8-9-13-5/h11H,1,6-9H2,2-5H3. The second-order valence-electron chi connectivity index (χ2n) is 3.82. The van der Waals surface area contributed by atoms with E-state index in [2.05, 4.69) is 32.4 Å². The normalized spacial score (nSPS) is 13.3. The van der Waals surface area contributed by atoms with Crippen molar-refractivity contribution in [3.63, 3.8) is 0 Å². The van der Waals surface area contributed by atoms with E-state index in [1.165, 1.54) is 12.0 Å². The number of hydrogen-bond acceptors (Lipinski definition) is 2. The summed E-state index contributed by atoms with van der Waals surface area (Å²) in [5.41, 5.74) is 1.27. The first-order valence-corrected chi connectivity index (χ1v) is 4.91. The molecule has 2 nitrogen and oxygen atoms in total. The first kappa shape index (κ1) is 12.7. The number of rotatable bonds is 7. The Kier molecular flexibility index (Phi) is 6.92. The van der Waals surface area contributed by atoms with Crippen LogP contribution in [0.15, 0.2) is 12.2 Å². The first-order valence-electron chi connectivity index (χ1n) is 4.91. The lowest BCUT2D eigenvalue weighted by molar-refractivity contribution is 0.140. The summed E-state index contributed by atoms with van der Waals surface area (Å²) in [6, 6.07) is 0.617. The molecule has 13 heavy (non-hydrogen) atoms. The Labute approximate surface area is 82.6 Å². The van der Waals surface area contributed by atoms with Crippen LogP contribution in [-0.4, -0.2) is 38.3 Å². The second kappa shape index (κ2) is 7.10. The summed E-state index contributed by atoms with van der Waals surface area (Å²) in [6.45, 7) is 10.1. The number of hydrogen-bond donors (Lipinski definition) is 0. The van der Waals surface area contributed by atoms with Crippen LogP contribution in [0.3, 0.4) is 0 Å². The lowest BCUT2D eigenvalue weighted by Gasteiger charge is -2.24. The van der Waals surface area contributed by atoms with E-state index < -0.39 is 0 Å². The Morgan fingerprint density at radius 1 is 1.54 bits per heavy atom. The van der Waals surface area contributed by atoms with Crippen molar-refractivity contribution in [1.82, 2.24) is 4.90 Å². The highest BCUT2D eigenvalue weighted by molar-refractivity contribution is 4.88. The molecule has 0 aromatic heterocycles. The zero-order valence-electron chi connectivity index (χ0n) is 9.47. The Morgan fingerprint density at radius 2 is 2.15 bits per heavy atom. The molecule has 0 rings (SSSR count). The predicted molar refractivity (Wildman–Crippen MR) is 58.0 cm³/mol. The minimum absolute atomic E-state index is 0.617. The fraction of sp³-hybridized carbons (Fsp3) is 0.818. The van der Waals surface area contributed by atoms with E-state index in [1.807, 2.05) is 0 Å². The Hall–Kier alpha value is -0.340. The van der Waals surface area contributed by atoms with Crippen LogP contribution in [0.25, 0.3) is 0 Å². The van der Waals surface area contributed by atoms with Gasteiger partial charge >= 0.3 is 0 Å². The van der Waals surface area contributed by atoms with Crippen LogP contribution in [0.4, 0.5) is 0 Å². The second-order valence-corrected chi connectivity index (χ2v) is 3.82. The van der Waals surface area contributed by atoms with Gasteiger partial charge in [0.1, 0.15) is 0 Å². The Bertz CT molecular complexity index is 145. The van der Waals surface area contributed by atoms with Gasteiger partial charge in [0, 0.05) is 19.7 Å². The van der Waals surface area contributed by atoms with E-state index in [9.17, 15) is 0 Å². The third-order valence-corrected chi connectivity index (χ3v) is 2.39. The van der Waals surface area contributed by atoms with Crippen molar-refractivity contribution in [3.8, 4) is 0 Å². The molecule has 0 fully saturated rings. The van der Waals surface area contributed by atoms with E-state index >= 15 is 0 Å². The van der Waals surface area contributed by atoms with Crippen LogP contribution in [-0.2, 0) is 4.74 Å². The van der Waals surface area contributed by atoms with Gasteiger partial charge in [-0.15, -0.1) is 6.58 Å². The molecule has 0 bridgehead atoms. The minimum atomic E-state index is 0.617. The fourth-order valence-corrected chi connectivity index (χ4v) is 1.13. The number of likely N-dealkylation sites (N-methyl/N-ethyl adjacent to an activating group) is 1. The molecular weight excluding hydrogens is 162 g/mol. The molecule has 0 aliphatic carbocycles. The van der Waals surface area contributed by atoms with Crippen LogP contribution in [0, 0.1) is 0 Å². The van der Waals surface area contributed by atoms with Gasteiger partial charge in [0.2, 0.25) is 0 Å². The number of methoxy groups -OCH3 is 1. The first-order chi connectivity index (χ1) is 6.07. The molecule has 78 valence electrons. The molecule has 0 saturated heterocycles. The molecule has 0 aliphatic heterocycles. The quantitative estimate of drug-likeness (QED) is 0.564. The van der Waals surface area contributed by atoms with Crippen LogP contribution in [0.5, 0.6) is 0 Å². The molecule has 0 aromatic carbocycles. The van der Waals surface area contributed by atoms with E-state index in [0.717, 1.165) is 19.6 Å². The molecule has 0 spiro atoms. The SMILES string of the molecule is C=C(C)CCC(C)N(C)CCOC. The highest BCUT2D eigenvalue weighted by Gasteiger charge is 2.07. The smallest absolute Gasteiger partial charge is 0.0589 e. The Morgan fingerprint density at radius 3 is 2.62 bits per heavy atom. The molecule has 0 heterocycles. The monoisotopic (exact) mass is 185 g/mol. The summed E-state index contributed by atoms with van der Waals surface area (Å²) in [6.07, 6.45) is 2.31. The molecule has 0 saturated carbocycles. The maximum atomic E-state index is 5.03. The van der Waals surface area contributed by atoms with Crippen LogP contribution >= 0.6 is 0 Å². The largest absolute Gasteiger partial charge is 0.383 e. The summed E-state index contributed by atoms with van der Waals surface area (Å²) < 4.78 is 5.03. The van der Waals surface area contributed by atoms with Gasteiger partial charge in [0.15, 0.2) is 0 Å². The van der Waals surface area contributed by atoms with E-state index in [4.69, 9.17) is 4.74 Å². The van der Waals surface area contributed by atoms with Gasteiger partial charge < -0.3 is 9.64 Å². The molecule has 0 aromatic rings. The van der Waals surface area contributed by atoms with Crippen molar-refractivity contribution in [2.45, 2.75) is 32.7 Å². The van der Waals surface area contributed by atoms with Crippen molar-refractivity contribution in [2.24, 2.45) is 0 Å². The van der Waals surface area contributed by atoms with Crippen molar-refractivity contribution >= 4 is 0 Å². The van der Waals surface area contributed by atoms with Crippen LogP contribution in [0.1, 0.15) is 26.7 Å². The van der Waals surface area contributed by atoms with Gasteiger partial charge in [-0.2, -0.15) is 0 Å². The molecule has 0 aliphatic rings. The van der Waals surface area contributed by atoms with Gasteiger partial charge in [0.25, 0.3) is 0 Å². The lowest BCUT2D eigenvalue weighted by Crippen LogP contribution is -2.31. The Balaban J connectivity index is 3.56.